The summed E-state index contributed by atoms with van der Waals surface area (Å²) in [6, 6.07) is 0. The van der Waals surface area contributed by atoms with E-state index in [1.54, 1.807) is 0 Å². The lowest BCUT2D eigenvalue weighted by atomic mass is 10.1. The monoisotopic (exact) mass is 342 g/mol. The summed E-state index contributed by atoms with van der Waals surface area (Å²) in [5, 5.41) is 0. The largest absolute Gasteiger partial charge is 0.466 e. The summed E-state index contributed by atoms with van der Waals surface area (Å²) < 4.78 is 14.7. The predicted octanol–water partition coefficient (Wildman–Crippen LogP) is 3.33. The number of rotatable bonds is 15. The molecule has 0 aromatic rings. The van der Waals surface area contributed by atoms with Gasteiger partial charge in [-0.05, 0) is 25.7 Å². The van der Waals surface area contributed by atoms with Crippen molar-refractivity contribution in [3.05, 3.63) is 12.7 Å². The zero-order chi connectivity index (χ0) is 18.0. The minimum atomic E-state index is -0.536. The van der Waals surface area contributed by atoms with Crippen LogP contribution in [0, 0.1) is 0 Å². The molecule has 0 bridgehead atoms. The average molecular weight is 342 g/mol. The van der Waals surface area contributed by atoms with Gasteiger partial charge in [-0.3, -0.25) is 9.59 Å². The van der Waals surface area contributed by atoms with Gasteiger partial charge < -0.3 is 14.2 Å². The standard InChI is InChI=1S/C18H30O6/c1-3-5-6-8-11-17(20)22-13-10-7-9-12-18(21)24-15-14-23-16(19)4-2/h4H,2-3,5-15H2,1H3. The van der Waals surface area contributed by atoms with Crippen LogP contribution in [0.25, 0.3) is 0 Å². The summed E-state index contributed by atoms with van der Waals surface area (Å²) in [7, 11) is 0. The third-order valence-electron chi connectivity index (χ3n) is 3.28. The number of hydrogen-bond donors (Lipinski definition) is 0. The van der Waals surface area contributed by atoms with Crippen molar-refractivity contribution < 1.29 is 28.6 Å². The first-order valence-electron chi connectivity index (χ1n) is 8.70. The zero-order valence-corrected chi connectivity index (χ0v) is 14.7. The van der Waals surface area contributed by atoms with Crippen LogP contribution in [0.1, 0.15) is 64.7 Å². The van der Waals surface area contributed by atoms with E-state index in [0.29, 0.717) is 25.9 Å². The molecule has 0 unspecified atom stereocenters. The fourth-order valence-electron chi connectivity index (χ4n) is 1.93. The number of ether oxygens (including phenoxy) is 3. The first kappa shape index (κ1) is 22.1. The van der Waals surface area contributed by atoms with Crippen LogP contribution in [-0.2, 0) is 28.6 Å². The van der Waals surface area contributed by atoms with Gasteiger partial charge in [-0.1, -0.05) is 32.8 Å². The predicted molar refractivity (Wildman–Crippen MR) is 90.3 cm³/mol. The lowest BCUT2D eigenvalue weighted by molar-refractivity contribution is -0.149. The van der Waals surface area contributed by atoms with Gasteiger partial charge in [0.1, 0.15) is 13.2 Å². The molecule has 24 heavy (non-hydrogen) atoms. The molecule has 0 atom stereocenters. The Hall–Kier alpha value is -1.85. The minimum Gasteiger partial charge on any atom is -0.466 e. The molecule has 0 saturated heterocycles. The van der Waals surface area contributed by atoms with Crippen molar-refractivity contribution in [1.29, 1.82) is 0 Å². The molecule has 0 fully saturated rings. The molecule has 0 rings (SSSR count). The van der Waals surface area contributed by atoms with E-state index in [0.717, 1.165) is 44.6 Å². The van der Waals surface area contributed by atoms with Gasteiger partial charge in [0.2, 0.25) is 0 Å². The molecular weight excluding hydrogens is 312 g/mol. The van der Waals surface area contributed by atoms with Crippen molar-refractivity contribution in [3.8, 4) is 0 Å². The SMILES string of the molecule is C=CC(=O)OCCOC(=O)CCCCCOC(=O)CCCCCC. The number of carbonyl (C=O) groups is 3. The van der Waals surface area contributed by atoms with E-state index in [2.05, 4.69) is 18.2 Å². The number of esters is 3. The summed E-state index contributed by atoms with van der Waals surface area (Å²) in [5.74, 6) is -0.997. The Balaban J connectivity index is 3.36. The van der Waals surface area contributed by atoms with Crippen molar-refractivity contribution in [3.63, 3.8) is 0 Å². The van der Waals surface area contributed by atoms with Crippen LogP contribution < -0.4 is 0 Å². The first-order chi connectivity index (χ1) is 11.6. The van der Waals surface area contributed by atoms with Crippen molar-refractivity contribution in [2.75, 3.05) is 19.8 Å². The van der Waals surface area contributed by atoms with E-state index in [4.69, 9.17) is 9.47 Å². The minimum absolute atomic E-state index is 0.0325. The van der Waals surface area contributed by atoms with Crippen molar-refractivity contribution in [2.24, 2.45) is 0 Å². The highest BCUT2D eigenvalue weighted by molar-refractivity contribution is 5.81. The molecular formula is C18H30O6. The van der Waals surface area contributed by atoms with Gasteiger partial charge in [0, 0.05) is 18.9 Å². The van der Waals surface area contributed by atoms with E-state index in [1.807, 2.05) is 0 Å². The highest BCUT2D eigenvalue weighted by Gasteiger charge is 2.05. The summed E-state index contributed by atoms with van der Waals surface area (Å²) in [6.45, 7) is 5.87. The van der Waals surface area contributed by atoms with E-state index in [9.17, 15) is 14.4 Å². The van der Waals surface area contributed by atoms with Gasteiger partial charge in [0.15, 0.2) is 0 Å². The molecule has 0 radical (unpaired) electrons. The molecule has 0 amide bonds. The molecule has 6 nitrogen and oxygen atoms in total. The van der Waals surface area contributed by atoms with Crippen LogP contribution >= 0.6 is 0 Å². The van der Waals surface area contributed by atoms with Crippen LogP contribution in [0.5, 0.6) is 0 Å². The van der Waals surface area contributed by atoms with Crippen LogP contribution in [0.2, 0.25) is 0 Å². The molecule has 138 valence electrons. The quantitative estimate of drug-likeness (QED) is 0.197. The number of carbonyl (C=O) groups excluding carboxylic acids is 3. The Morgan fingerprint density at radius 3 is 1.88 bits per heavy atom. The van der Waals surface area contributed by atoms with E-state index < -0.39 is 5.97 Å². The summed E-state index contributed by atoms with van der Waals surface area (Å²) in [5.41, 5.74) is 0. The molecule has 0 aromatic heterocycles. The topological polar surface area (TPSA) is 78.9 Å². The van der Waals surface area contributed by atoms with Gasteiger partial charge in [0.05, 0.1) is 6.61 Å². The molecule has 0 aliphatic heterocycles. The van der Waals surface area contributed by atoms with Crippen LogP contribution in [-0.4, -0.2) is 37.7 Å². The average Bonchev–Trinajstić information content (AvgIpc) is 2.58. The Kier molecular flexibility index (Phi) is 14.8. The van der Waals surface area contributed by atoms with E-state index >= 15 is 0 Å². The second kappa shape index (κ2) is 16.0. The third kappa shape index (κ3) is 15.1. The van der Waals surface area contributed by atoms with Gasteiger partial charge in [0.25, 0.3) is 0 Å². The number of hydrogen-bond acceptors (Lipinski definition) is 6. The van der Waals surface area contributed by atoms with Gasteiger partial charge in [-0.15, -0.1) is 0 Å². The Labute approximate surface area is 144 Å². The summed E-state index contributed by atoms with van der Waals surface area (Å²) in [6.07, 6.45) is 8.33. The van der Waals surface area contributed by atoms with Gasteiger partial charge in [-0.25, -0.2) is 4.79 Å². The van der Waals surface area contributed by atoms with E-state index in [1.165, 1.54) is 0 Å². The highest BCUT2D eigenvalue weighted by atomic mass is 16.6. The molecule has 0 spiro atoms. The summed E-state index contributed by atoms with van der Waals surface area (Å²) >= 11 is 0. The second-order valence-corrected chi connectivity index (χ2v) is 5.43. The molecule has 6 heteroatoms. The molecule has 0 aliphatic rings. The Morgan fingerprint density at radius 2 is 1.29 bits per heavy atom. The maximum absolute atomic E-state index is 11.4. The second-order valence-electron chi connectivity index (χ2n) is 5.43. The number of unbranched alkanes of at least 4 members (excludes halogenated alkanes) is 5. The maximum Gasteiger partial charge on any atom is 0.330 e. The Bertz CT molecular complexity index is 378. The maximum atomic E-state index is 11.4. The molecule has 0 aliphatic carbocycles. The van der Waals surface area contributed by atoms with Crippen molar-refractivity contribution in [1.82, 2.24) is 0 Å². The smallest absolute Gasteiger partial charge is 0.330 e. The third-order valence-corrected chi connectivity index (χ3v) is 3.28. The van der Waals surface area contributed by atoms with Crippen molar-refractivity contribution >= 4 is 17.9 Å². The fraction of sp³-hybridized carbons (Fsp3) is 0.722. The van der Waals surface area contributed by atoms with Gasteiger partial charge in [-0.2, -0.15) is 0 Å². The normalized spacial score (nSPS) is 10.0. The molecule has 0 N–H and O–H groups in total. The van der Waals surface area contributed by atoms with E-state index in [-0.39, 0.29) is 25.2 Å². The molecule has 0 aromatic carbocycles. The van der Waals surface area contributed by atoms with Crippen molar-refractivity contribution in [2.45, 2.75) is 64.7 Å². The van der Waals surface area contributed by atoms with Gasteiger partial charge >= 0.3 is 17.9 Å². The molecule has 0 saturated carbocycles. The summed E-state index contributed by atoms with van der Waals surface area (Å²) in [4.78, 5) is 33.6. The molecule has 0 heterocycles. The Morgan fingerprint density at radius 1 is 0.750 bits per heavy atom. The van der Waals surface area contributed by atoms with Crippen LogP contribution in [0.4, 0.5) is 0 Å². The van der Waals surface area contributed by atoms with Crippen LogP contribution in [0.15, 0.2) is 12.7 Å². The highest BCUT2D eigenvalue weighted by Crippen LogP contribution is 2.05. The lowest BCUT2D eigenvalue weighted by Gasteiger charge is -2.06. The first-order valence-corrected chi connectivity index (χ1v) is 8.70. The zero-order valence-electron chi connectivity index (χ0n) is 14.7. The fourth-order valence-corrected chi connectivity index (χ4v) is 1.93. The lowest BCUT2D eigenvalue weighted by Crippen LogP contribution is -2.12. The van der Waals surface area contributed by atoms with Crippen LogP contribution in [0.3, 0.4) is 0 Å².